The average molecular weight is 280 g/mol. The van der Waals surface area contributed by atoms with Crippen molar-refractivity contribution < 1.29 is 4.74 Å². The minimum Gasteiger partial charge on any atom is -0.378 e. The molecule has 116 valence electrons. The lowest BCUT2D eigenvalue weighted by atomic mass is 9.75. The van der Waals surface area contributed by atoms with Crippen LogP contribution in [0.4, 0.5) is 0 Å². The van der Waals surface area contributed by atoms with Gasteiger partial charge in [0.1, 0.15) is 0 Å². The number of hydrogen-bond donors (Lipinski definition) is 1. The SMILES string of the molecule is CCCNC(C#N)CCOC1CC(C)CCC1C(C)C. The van der Waals surface area contributed by atoms with Crippen LogP contribution >= 0.6 is 0 Å². The van der Waals surface area contributed by atoms with Gasteiger partial charge in [0.25, 0.3) is 0 Å². The third-order valence-electron chi connectivity index (χ3n) is 4.50. The number of nitrogens with one attached hydrogen (secondary N) is 1. The first-order valence-electron chi connectivity index (χ1n) is 8.33. The van der Waals surface area contributed by atoms with Crippen LogP contribution in [0.25, 0.3) is 0 Å². The minimum absolute atomic E-state index is 0.0616. The van der Waals surface area contributed by atoms with E-state index in [0.717, 1.165) is 25.3 Å². The summed E-state index contributed by atoms with van der Waals surface area (Å²) >= 11 is 0. The van der Waals surface area contributed by atoms with Gasteiger partial charge in [-0.05, 0) is 50.0 Å². The summed E-state index contributed by atoms with van der Waals surface area (Å²) < 4.78 is 6.15. The van der Waals surface area contributed by atoms with Crippen LogP contribution in [0.3, 0.4) is 0 Å². The van der Waals surface area contributed by atoms with Crippen LogP contribution in [-0.2, 0) is 4.74 Å². The summed E-state index contributed by atoms with van der Waals surface area (Å²) in [5, 5.41) is 12.4. The lowest BCUT2D eigenvalue weighted by Crippen LogP contribution is -2.36. The largest absolute Gasteiger partial charge is 0.378 e. The molecule has 0 aromatic heterocycles. The van der Waals surface area contributed by atoms with Gasteiger partial charge in [0.2, 0.25) is 0 Å². The number of nitriles is 1. The summed E-state index contributed by atoms with van der Waals surface area (Å²) in [6.45, 7) is 10.7. The first-order chi connectivity index (χ1) is 9.58. The molecule has 0 aliphatic heterocycles. The highest BCUT2D eigenvalue weighted by Gasteiger charge is 2.31. The Morgan fingerprint density at radius 2 is 2.10 bits per heavy atom. The zero-order chi connectivity index (χ0) is 15.0. The van der Waals surface area contributed by atoms with Crippen molar-refractivity contribution >= 4 is 0 Å². The quantitative estimate of drug-likeness (QED) is 0.736. The highest BCUT2D eigenvalue weighted by atomic mass is 16.5. The van der Waals surface area contributed by atoms with Gasteiger partial charge in [0.05, 0.1) is 18.2 Å². The zero-order valence-electron chi connectivity index (χ0n) is 13.7. The maximum absolute atomic E-state index is 9.10. The predicted octanol–water partition coefficient (Wildman–Crippen LogP) is 3.75. The van der Waals surface area contributed by atoms with Crippen molar-refractivity contribution in [3.05, 3.63) is 0 Å². The van der Waals surface area contributed by atoms with Crippen molar-refractivity contribution in [3.63, 3.8) is 0 Å². The fraction of sp³-hybridized carbons (Fsp3) is 0.941. The number of rotatable bonds is 8. The van der Waals surface area contributed by atoms with Crippen LogP contribution in [0.5, 0.6) is 0 Å². The highest BCUT2D eigenvalue weighted by Crippen LogP contribution is 2.35. The van der Waals surface area contributed by atoms with E-state index in [0.29, 0.717) is 24.5 Å². The van der Waals surface area contributed by atoms with Crippen LogP contribution in [0.2, 0.25) is 0 Å². The van der Waals surface area contributed by atoms with Crippen LogP contribution in [0.1, 0.15) is 59.8 Å². The summed E-state index contributed by atoms with van der Waals surface area (Å²) in [6, 6.07) is 2.26. The van der Waals surface area contributed by atoms with Crippen molar-refractivity contribution in [2.45, 2.75) is 71.9 Å². The lowest BCUT2D eigenvalue weighted by Gasteiger charge is -2.37. The molecular weight excluding hydrogens is 248 g/mol. The maximum atomic E-state index is 9.10. The Bertz CT molecular complexity index is 298. The highest BCUT2D eigenvalue weighted by molar-refractivity contribution is 4.89. The Labute approximate surface area is 125 Å². The van der Waals surface area contributed by atoms with Gasteiger partial charge in [-0.15, -0.1) is 0 Å². The van der Waals surface area contributed by atoms with Gasteiger partial charge in [0, 0.05) is 6.61 Å². The number of hydrogen-bond acceptors (Lipinski definition) is 3. The van der Waals surface area contributed by atoms with E-state index in [1.165, 1.54) is 19.3 Å². The fourth-order valence-corrected chi connectivity index (χ4v) is 3.17. The molecular formula is C17H32N2O. The maximum Gasteiger partial charge on any atom is 0.0975 e. The Morgan fingerprint density at radius 3 is 2.70 bits per heavy atom. The molecule has 0 spiro atoms. The molecule has 1 aliphatic rings. The van der Waals surface area contributed by atoms with E-state index in [-0.39, 0.29) is 6.04 Å². The van der Waals surface area contributed by atoms with Gasteiger partial charge >= 0.3 is 0 Å². The Kier molecular flexibility index (Phi) is 8.18. The molecule has 1 aliphatic carbocycles. The first kappa shape index (κ1) is 17.5. The van der Waals surface area contributed by atoms with E-state index in [4.69, 9.17) is 10.00 Å². The number of nitrogens with zero attached hydrogens (tertiary/aromatic N) is 1. The summed E-state index contributed by atoms with van der Waals surface area (Å²) in [5.74, 6) is 2.16. The van der Waals surface area contributed by atoms with Crippen molar-refractivity contribution in [3.8, 4) is 6.07 Å². The van der Waals surface area contributed by atoms with E-state index < -0.39 is 0 Å². The van der Waals surface area contributed by atoms with Crippen molar-refractivity contribution in [2.75, 3.05) is 13.2 Å². The minimum atomic E-state index is -0.0616. The van der Waals surface area contributed by atoms with E-state index in [9.17, 15) is 0 Å². The van der Waals surface area contributed by atoms with Crippen molar-refractivity contribution in [1.29, 1.82) is 5.26 Å². The van der Waals surface area contributed by atoms with E-state index in [2.05, 4.69) is 39.1 Å². The Morgan fingerprint density at radius 1 is 1.35 bits per heavy atom. The van der Waals surface area contributed by atoms with E-state index >= 15 is 0 Å². The fourth-order valence-electron chi connectivity index (χ4n) is 3.17. The van der Waals surface area contributed by atoms with Crippen molar-refractivity contribution in [1.82, 2.24) is 5.32 Å². The normalized spacial score (nSPS) is 28.3. The summed E-state index contributed by atoms with van der Waals surface area (Å²) in [4.78, 5) is 0. The average Bonchev–Trinajstić information content (AvgIpc) is 2.42. The molecule has 4 atom stereocenters. The summed E-state index contributed by atoms with van der Waals surface area (Å²) in [5.41, 5.74) is 0. The topological polar surface area (TPSA) is 45.0 Å². The van der Waals surface area contributed by atoms with Gasteiger partial charge in [0.15, 0.2) is 0 Å². The van der Waals surface area contributed by atoms with Crippen molar-refractivity contribution in [2.24, 2.45) is 17.8 Å². The van der Waals surface area contributed by atoms with E-state index in [1.807, 2.05) is 0 Å². The molecule has 0 amide bonds. The molecule has 0 aromatic rings. The molecule has 1 rings (SSSR count). The van der Waals surface area contributed by atoms with Crippen LogP contribution in [0, 0.1) is 29.1 Å². The third-order valence-corrected chi connectivity index (χ3v) is 4.50. The molecule has 3 nitrogen and oxygen atoms in total. The molecule has 1 N–H and O–H groups in total. The van der Waals surface area contributed by atoms with E-state index in [1.54, 1.807) is 0 Å². The molecule has 1 fully saturated rings. The standard InChI is InChI=1S/C17H32N2O/c1-5-9-19-15(12-18)8-10-20-17-11-14(4)6-7-16(17)13(2)3/h13-17,19H,5-11H2,1-4H3. The zero-order valence-corrected chi connectivity index (χ0v) is 13.7. The first-order valence-corrected chi connectivity index (χ1v) is 8.33. The Hall–Kier alpha value is -0.590. The molecule has 20 heavy (non-hydrogen) atoms. The summed E-state index contributed by atoms with van der Waals surface area (Å²) in [7, 11) is 0. The van der Waals surface area contributed by atoms with Crippen LogP contribution in [-0.4, -0.2) is 25.3 Å². The molecule has 1 saturated carbocycles. The smallest absolute Gasteiger partial charge is 0.0975 e. The second-order valence-corrected chi connectivity index (χ2v) is 6.66. The Balaban J connectivity index is 2.35. The van der Waals surface area contributed by atoms with Crippen LogP contribution in [0.15, 0.2) is 0 Å². The molecule has 0 radical (unpaired) electrons. The lowest BCUT2D eigenvalue weighted by molar-refractivity contribution is -0.0399. The van der Waals surface area contributed by atoms with Gasteiger partial charge in [-0.25, -0.2) is 0 Å². The second-order valence-electron chi connectivity index (χ2n) is 6.66. The van der Waals surface area contributed by atoms with Crippen LogP contribution < -0.4 is 5.32 Å². The summed E-state index contributed by atoms with van der Waals surface area (Å²) in [6.07, 6.45) is 6.06. The van der Waals surface area contributed by atoms with Gasteiger partial charge in [-0.3, -0.25) is 0 Å². The molecule has 0 aromatic carbocycles. The monoisotopic (exact) mass is 280 g/mol. The second kappa shape index (κ2) is 9.37. The molecule has 0 heterocycles. The number of ether oxygens (including phenoxy) is 1. The molecule has 4 unspecified atom stereocenters. The van der Waals surface area contributed by atoms with Gasteiger partial charge in [-0.1, -0.05) is 34.1 Å². The van der Waals surface area contributed by atoms with Gasteiger partial charge < -0.3 is 10.1 Å². The molecule has 3 heteroatoms. The molecule has 0 saturated heterocycles. The third kappa shape index (κ3) is 5.81. The van der Waals surface area contributed by atoms with Gasteiger partial charge in [-0.2, -0.15) is 5.26 Å². The predicted molar refractivity (Wildman–Crippen MR) is 83.4 cm³/mol. The molecule has 0 bridgehead atoms.